The normalized spacial score (nSPS) is 10.6. The van der Waals surface area contributed by atoms with Crippen molar-refractivity contribution in [2.24, 2.45) is 5.92 Å². The second kappa shape index (κ2) is 5.19. The molecule has 0 aromatic carbocycles. The molecule has 0 amide bonds. The fraction of sp³-hybridized carbons (Fsp3) is 0.308. The van der Waals surface area contributed by atoms with E-state index in [4.69, 9.17) is 16.9 Å². The molecule has 0 radical (unpaired) electrons. The Morgan fingerprint density at radius 3 is 2.78 bits per heavy atom. The highest BCUT2D eigenvalue weighted by Crippen LogP contribution is 2.23. The van der Waals surface area contributed by atoms with Crippen molar-refractivity contribution in [1.29, 1.82) is 5.26 Å². The highest BCUT2D eigenvalue weighted by Gasteiger charge is 2.18. The van der Waals surface area contributed by atoms with Crippen LogP contribution in [0, 0.1) is 17.2 Å². The molecule has 0 saturated carbocycles. The Hall–Kier alpha value is -1.86. The second-order valence-electron chi connectivity index (χ2n) is 4.42. The summed E-state index contributed by atoms with van der Waals surface area (Å²) in [6.07, 6.45) is 2.39. The van der Waals surface area contributed by atoms with Crippen molar-refractivity contribution in [3.8, 4) is 11.9 Å². The number of pyridine rings is 1. The summed E-state index contributed by atoms with van der Waals surface area (Å²) in [5.41, 5.74) is 1.17. The van der Waals surface area contributed by atoms with Crippen molar-refractivity contribution in [2.75, 3.05) is 0 Å². The summed E-state index contributed by atoms with van der Waals surface area (Å²) in [7, 11) is 0. The minimum Gasteiger partial charge on any atom is -0.237 e. The van der Waals surface area contributed by atoms with Crippen LogP contribution in [0.4, 0.5) is 0 Å². The summed E-state index contributed by atoms with van der Waals surface area (Å²) < 4.78 is 1.51. The molecule has 2 aromatic heterocycles. The summed E-state index contributed by atoms with van der Waals surface area (Å²) in [5.74, 6) is 1.04. The molecule has 0 saturated heterocycles. The molecule has 0 bridgehead atoms. The minimum absolute atomic E-state index is 0.326. The highest BCUT2D eigenvalue weighted by atomic mass is 35.5. The van der Waals surface area contributed by atoms with Gasteiger partial charge >= 0.3 is 0 Å². The maximum atomic E-state index is 9.16. The van der Waals surface area contributed by atoms with Crippen LogP contribution in [-0.4, -0.2) is 14.8 Å². The van der Waals surface area contributed by atoms with E-state index >= 15 is 0 Å². The van der Waals surface area contributed by atoms with Crippen LogP contribution in [0.5, 0.6) is 0 Å². The number of nitriles is 1. The third kappa shape index (κ3) is 2.36. The molecule has 0 atom stereocenters. The zero-order valence-corrected chi connectivity index (χ0v) is 11.0. The predicted molar refractivity (Wildman–Crippen MR) is 69.6 cm³/mol. The van der Waals surface area contributed by atoms with Crippen LogP contribution in [0.25, 0.3) is 5.82 Å². The number of hydrogen-bond donors (Lipinski definition) is 0. The summed E-state index contributed by atoms with van der Waals surface area (Å²) in [4.78, 5) is 4.18. The van der Waals surface area contributed by atoms with Crippen LogP contribution < -0.4 is 0 Å². The number of nitrogens with zero attached hydrogens (tertiary/aromatic N) is 4. The number of hydrogen-bond acceptors (Lipinski definition) is 3. The Labute approximate surface area is 111 Å². The number of halogens is 1. The summed E-state index contributed by atoms with van der Waals surface area (Å²) >= 11 is 6.19. The van der Waals surface area contributed by atoms with Gasteiger partial charge in [-0.3, -0.25) is 0 Å². The van der Waals surface area contributed by atoms with E-state index in [9.17, 15) is 0 Å². The zero-order valence-electron chi connectivity index (χ0n) is 10.3. The molecule has 0 fully saturated rings. The molecule has 0 N–H and O–H groups in total. The van der Waals surface area contributed by atoms with E-state index in [1.165, 1.54) is 4.68 Å². The smallest absolute Gasteiger partial charge is 0.155 e. The Kier molecular flexibility index (Phi) is 3.63. The van der Waals surface area contributed by atoms with Gasteiger partial charge in [0.25, 0.3) is 0 Å². The van der Waals surface area contributed by atoms with Gasteiger partial charge in [0.15, 0.2) is 11.0 Å². The Morgan fingerprint density at radius 1 is 1.44 bits per heavy atom. The molecule has 2 aromatic rings. The molecule has 0 aliphatic carbocycles. The fourth-order valence-corrected chi connectivity index (χ4v) is 1.99. The van der Waals surface area contributed by atoms with Gasteiger partial charge in [0.2, 0.25) is 0 Å². The van der Waals surface area contributed by atoms with Crippen LogP contribution in [0.3, 0.4) is 0 Å². The molecule has 0 unspecified atom stereocenters. The molecular formula is C13H13ClN4. The topological polar surface area (TPSA) is 54.5 Å². The molecule has 0 spiro atoms. The first-order valence-electron chi connectivity index (χ1n) is 5.72. The highest BCUT2D eigenvalue weighted by molar-refractivity contribution is 6.31. The van der Waals surface area contributed by atoms with Crippen molar-refractivity contribution in [2.45, 2.75) is 20.3 Å². The van der Waals surface area contributed by atoms with Crippen LogP contribution in [0.1, 0.15) is 25.1 Å². The average Bonchev–Trinajstić information content (AvgIpc) is 2.66. The first kappa shape index (κ1) is 12.6. The molecular weight excluding hydrogens is 248 g/mol. The van der Waals surface area contributed by atoms with Gasteiger partial charge in [-0.15, -0.1) is 0 Å². The van der Waals surface area contributed by atoms with E-state index < -0.39 is 0 Å². The number of rotatable bonds is 3. The third-order valence-corrected chi connectivity index (χ3v) is 2.83. The van der Waals surface area contributed by atoms with E-state index in [-0.39, 0.29) is 0 Å². The fourth-order valence-electron chi connectivity index (χ4n) is 1.71. The van der Waals surface area contributed by atoms with E-state index in [0.29, 0.717) is 22.5 Å². The minimum atomic E-state index is 0.326. The lowest BCUT2D eigenvalue weighted by Crippen LogP contribution is -2.01. The molecule has 4 nitrogen and oxygen atoms in total. The second-order valence-corrected chi connectivity index (χ2v) is 4.78. The maximum absolute atomic E-state index is 9.16. The van der Waals surface area contributed by atoms with Crippen molar-refractivity contribution in [3.63, 3.8) is 0 Å². The summed E-state index contributed by atoms with van der Waals surface area (Å²) in [6, 6.07) is 7.60. The van der Waals surface area contributed by atoms with Gasteiger partial charge in [-0.2, -0.15) is 10.4 Å². The van der Waals surface area contributed by atoms with E-state index in [0.717, 1.165) is 12.1 Å². The van der Waals surface area contributed by atoms with Gasteiger partial charge in [0, 0.05) is 6.20 Å². The predicted octanol–water partition coefficient (Wildman–Crippen LogP) is 2.99. The van der Waals surface area contributed by atoms with Gasteiger partial charge < -0.3 is 0 Å². The van der Waals surface area contributed by atoms with Gasteiger partial charge in [-0.25, -0.2) is 9.67 Å². The quantitative estimate of drug-likeness (QED) is 0.852. The average molecular weight is 261 g/mol. The summed E-state index contributed by atoms with van der Waals surface area (Å²) in [5, 5.41) is 13.9. The molecule has 92 valence electrons. The Bertz CT molecular complexity index is 581. The number of aromatic nitrogens is 3. The van der Waals surface area contributed by atoms with Gasteiger partial charge in [0.05, 0.1) is 5.69 Å². The molecule has 2 rings (SSSR count). The van der Waals surface area contributed by atoms with Crippen LogP contribution in [-0.2, 0) is 6.42 Å². The molecule has 0 aliphatic heterocycles. The zero-order chi connectivity index (χ0) is 13.1. The lowest BCUT2D eigenvalue weighted by Gasteiger charge is -2.01. The Morgan fingerprint density at radius 2 is 2.22 bits per heavy atom. The van der Waals surface area contributed by atoms with Crippen molar-refractivity contribution >= 4 is 11.6 Å². The van der Waals surface area contributed by atoms with E-state index in [1.54, 1.807) is 12.3 Å². The summed E-state index contributed by atoms with van der Waals surface area (Å²) in [6.45, 7) is 4.16. The van der Waals surface area contributed by atoms with Gasteiger partial charge in [0.1, 0.15) is 11.6 Å². The molecule has 2 heterocycles. The first-order chi connectivity index (χ1) is 8.63. The molecule has 5 heteroatoms. The standard InChI is InChI=1S/C13H13ClN4/c1-9(2)7-11-10(8-15)13(14)18(17-11)12-5-3-4-6-16-12/h3-6,9H,7H2,1-2H3. The lowest BCUT2D eigenvalue weighted by molar-refractivity contribution is 0.626. The SMILES string of the molecule is CC(C)Cc1nn(-c2ccccn2)c(Cl)c1C#N. The molecule has 0 aliphatic rings. The Balaban J connectivity index is 2.51. The molecule has 18 heavy (non-hydrogen) atoms. The van der Waals surface area contributed by atoms with Crippen molar-refractivity contribution in [1.82, 2.24) is 14.8 Å². The lowest BCUT2D eigenvalue weighted by atomic mass is 10.1. The monoisotopic (exact) mass is 260 g/mol. The van der Waals surface area contributed by atoms with Crippen molar-refractivity contribution < 1.29 is 0 Å². The van der Waals surface area contributed by atoms with Crippen LogP contribution in [0.2, 0.25) is 5.15 Å². The first-order valence-corrected chi connectivity index (χ1v) is 6.10. The van der Waals surface area contributed by atoms with E-state index in [1.807, 2.05) is 12.1 Å². The van der Waals surface area contributed by atoms with Crippen LogP contribution >= 0.6 is 11.6 Å². The van der Waals surface area contributed by atoms with Gasteiger partial charge in [-0.05, 0) is 24.5 Å². The van der Waals surface area contributed by atoms with Crippen LogP contribution in [0.15, 0.2) is 24.4 Å². The van der Waals surface area contributed by atoms with E-state index in [2.05, 4.69) is 30.0 Å². The largest absolute Gasteiger partial charge is 0.237 e. The van der Waals surface area contributed by atoms with Gasteiger partial charge in [-0.1, -0.05) is 31.5 Å². The maximum Gasteiger partial charge on any atom is 0.155 e. The van der Waals surface area contributed by atoms with Crippen molar-refractivity contribution in [3.05, 3.63) is 40.8 Å². The third-order valence-electron chi connectivity index (χ3n) is 2.48.